The summed E-state index contributed by atoms with van der Waals surface area (Å²) < 4.78 is 0. The van der Waals surface area contributed by atoms with Gasteiger partial charge in [-0.05, 0) is 28.5 Å². The lowest BCUT2D eigenvalue weighted by Crippen LogP contribution is -2.31. The summed E-state index contributed by atoms with van der Waals surface area (Å²) in [5, 5.41) is 2.21. The minimum absolute atomic E-state index is 0.175. The predicted octanol–water partition coefficient (Wildman–Crippen LogP) is 4.69. The van der Waals surface area contributed by atoms with Crippen molar-refractivity contribution in [2.24, 2.45) is 0 Å². The van der Waals surface area contributed by atoms with Gasteiger partial charge in [0.15, 0.2) is 0 Å². The van der Waals surface area contributed by atoms with Crippen LogP contribution in [0, 0.1) is 0 Å². The van der Waals surface area contributed by atoms with Crippen LogP contribution in [0.1, 0.15) is 41.1 Å². The second-order valence-corrected chi connectivity index (χ2v) is 8.11. The van der Waals surface area contributed by atoms with Crippen LogP contribution in [0.4, 0.5) is 0 Å². The molecule has 2 nitrogen and oxygen atoms in total. The van der Waals surface area contributed by atoms with Gasteiger partial charge in [0, 0.05) is 17.2 Å². The zero-order valence-electron chi connectivity index (χ0n) is 13.0. The quantitative estimate of drug-likeness (QED) is 0.810. The summed E-state index contributed by atoms with van der Waals surface area (Å²) in [7, 11) is 0. The van der Waals surface area contributed by atoms with Crippen molar-refractivity contribution in [1.82, 2.24) is 4.90 Å². The predicted molar refractivity (Wildman–Crippen MR) is 95.5 cm³/mol. The maximum Gasteiger partial charge on any atom is 0.229 e. The molecule has 0 N–H and O–H groups in total. The highest BCUT2D eigenvalue weighted by Crippen LogP contribution is 2.38. The van der Waals surface area contributed by atoms with E-state index in [0.29, 0.717) is 12.3 Å². The molecule has 1 atom stereocenters. The number of benzene rings is 1. The van der Waals surface area contributed by atoms with Crippen LogP contribution in [0.25, 0.3) is 0 Å². The molecule has 1 aromatic carbocycles. The lowest BCUT2D eigenvalue weighted by Gasteiger charge is -2.24. The van der Waals surface area contributed by atoms with E-state index < -0.39 is 0 Å². The van der Waals surface area contributed by atoms with Crippen molar-refractivity contribution in [3.63, 3.8) is 0 Å². The van der Waals surface area contributed by atoms with Crippen molar-refractivity contribution < 1.29 is 4.79 Å². The molecule has 1 fully saturated rings. The van der Waals surface area contributed by atoms with Gasteiger partial charge >= 0.3 is 0 Å². The van der Waals surface area contributed by atoms with Crippen LogP contribution in [0.15, 0.2) is 41.8 Å². The molecule has 1 aliphatic heterocycles. The third-order valence-corrected chi connectivity index (χ3v) is 6.14. The smallest absolute Gasteiger partial charge is 0.229 e. The van der Waals surface area contributed by atoms with Gasteiger partial charge in [-0.15, -0.1) is 23.1 Å². The number of rotatable bonds is 4. The third kappa shape index (κ3) is 3.39. The fraction of sp³-hybridized carbons (Fsp3) is 0.389. The first kappa shape index (κ1) is 15.6. The van der Waals surface area contributed by atoms with E-state index in [2.05, 4.69) is 38.1 Å². The minimum Gasteiger partial charge on any atom is -0.325 e. The number of thiophene rings is 1. The van der Waals surface area contributed by atoms with Crippen molar-refractivity contribution >= 4 is 29.0 Å². The van der Waals surface area contributed by atoms with E-state index >= 15 is 0 Å². The molecule has 0 saturated carbocycles. The SMILES string of the molecule is CC(C)c1ccc(C2SCCN2C(=O)Cc2cccs2)cc1. The lowest BCUT2D eigenvalue weighted by molar-refractivity contribution is -0.130. The van der Waals surface area contributed by atoms with E-state index in [-0.39, 0.29) is 11.3 Å². The number of amides is 1. The molecular formula is C18H21NOS2. The topological polar surface area (TPSA) is 20.3 Å². The maximum atomic E-state index is 12.6. The van der Waals surface area contributed by atoms with Crippen molar-refractivity contribution in [2.45, 2.75) is 31.6 Å². The Labute approximate surface area is 140 Å². The Morgan fingerprint density at radius 3 is 2.68 bits per heavy atom. The van der Waals surface area contributed by atoms with Gasteiger partial charge in [-0.25, -0.2) is 0 Å². The first-order valence-electron chi connectivity index (χ1n) is 7.68. The van der Waals surface area contributed by atoms with Gasteiger partial charge in [-0.2, -0.15) is 0 Å². The van der Waals surface area contributed by atoms with Crippen LogP contribution in [-0.4, -0.2) is 23.1 Å². The fourth-order valence-electron chi connectivity index (χ4n) is 2.71. The average molecular weight is 332 g/mol. The second-order valence-electron chi connectivity index (χ2n) is 5.89. The number of hydrogen-bond donors (Lipinski definition) is 0. The Morgan fingerprint density at radius 1 is 1.27 bits per heavy atom. The number of carbonyl (C=O) groups is 1. The zero-order chi connectivity index (χ0) is 15.5. The van der Waals surface area contributed by atoms with Crippen LogP contribution >= 0.6 is 23.1 Å². The van der Waals surface area contributed by atoms with Gasteiger partial charge in [-0.1, -0.05) is 44.2 Å². The molecular weight excluding hydrogens is 310 g/mol. The normalized spacial score (nSPS) is 18.1. The summed E-state index contributed by atoms with van der Waals surface area (Å²) >= 11 is 3.53. The molecule has 1 unspecified atom stereocenters. The molecule has 2 aromatic rings. The van der Waals surface area contributed by atoms with Gasteiger partial charge in [0.1, 0.15) is 5.37 Å². The first-order valence-corrected chi connectivity index (χ1v) is 9.61. The molecule has 116 valence electrons. The Morgan fingerprint density at radius 2 is 2.05 bits per heavy atom. The highest BCUT2D eigenvalue weighted by molar-refractivity contribution is 7.99. The Kier molecular flexibility index (Phi) is 4.89. The number of nitrogens with zero attached hydrogens (tertiary/aromatic N) is 1. The van der Waals surface area contributed by atoms with Crippen LogP contribution in [0.2, 0.25) is 0 Å². The van der Waals surface area contributed by atoms with Crippen molar-refractivity contribution in [3.8, 4) is 0 Å². The lowest BCUT2D eigenvalue weighted by atomic mass is 10.0. The van der Waals surface area contributed by atoms with Crippen molar-refractivity contribution in [3.05, 3.63) is 57.8 Å². The summed E-state index contributed by atoms with van der Waals surface area (Å²) in [6.45, 7) is 5.26. The van der Waals surface area contributed by atoms with Gasteiger partial charge in [0.2, 0.25) is 5.91 Å². The summed E-state index contributed by atoms with van der Waals surface area (Å²) in [5.74, 6) is 1.81. The Bertz CT molecular complexity index is 619. The van der Waals surface area contributed by atoms with E-state index in [1.165, 1.54) is 11.1 Å². The van der Waals surface area contributed by atoms with E-state index in [4.69, 9.17) is 0 Å². The summed E-state index contributed by atoms with van der Waals surface area (Å²) in [4.78, 5) is 15.8. The molecule has 0 bridgehead atoms. The fourth-order valence-corrected chi connectivity index (χ4v) is 4.68. The molecule has 0 spiro atoms. The van der Waals surface area contributed by atoms with Gasteiger partial charge in [-0.3, -0.25) is 4.79 Å². The zero-order valence-corrected chi connectivity index (χ0v) is 14.6. The maximum absolute atomic E-state index is 12.6. The van der Waals surface area contributed by atoms with Crippen molar-refractivity contribution in [1.29, 1.82) is 0 Å². The molecule has 22 heavy (non-hydrogen) atoms. The monoisotopic (exact) mass is 331 g/mol. The molecule has 0 radical (unpaired) electrons. The summed E-state index contributed by atoms with van der Waals surface area (Å²) in [5.41, 5.74) is 2.59. The second kappa shape index (κ2) is 6.88. The van der Waals surface area contributed by atoms with E-state index in [1.54, 1.807) is 11.3 Å². The molecule has 4 heteroatoms. The highest BCUT2D eigenvalue weighted by Gasteiger charge is 2.30. The van der Waals surface area contributed by atoms with Crippen LogP contribution in [-0.2, 0) is 11.2 Å². The van der Waals surface area contributed by atoms with Crippen LogP contribution in [0.5, 0.6) is 0 Å². The average Bonchev–Trinajstić information content (AvgIpc) is 3.18. The van der Waals surface area contributed by atoms with E-state index in [1.807, 2.05) is 34.2 Å². The van der Waals surface area contributed by atoms with Crippen LogP contribution in [0.3, 0.4) is 0 Å². The Hall–Kier alpha value is -1.26. The van der Waals surface area contributed by atoms with Crippen LogP contribution < -0.4 is 0 Å². The first-order chi connectivity index (χ1) is 10.6. The number of carbonyl (C=O) groups excluding carboxylic acids is 1. The molecule has 1 saturated heterocycles. The van der Waals surface area contributed by atoms with Crippen molar-refractivity contribution in [2.75, 3.05) is 12.3 Å². The third-order valence-electron chi connectivity index (χ3n) is 4.01. The van der Waals surface area contributed by atoms with E-state index in [9.17, 15) is 4.79 Å². The van der Waals surface area contributed by atoms with Gasteiger partial charge in [0.05, 0.1) is 6.42 Å². The van der Waals surface area contributed by atoms with E-state index in [0.717, 1.165) is 17.2 Å². The highest BCUT2D eigenvalue weighted by atomic mass is 32.2. The standard InChI is InChI=1S/C18H21NOS2/c1-13(2)14-5-7-15(8-6-14)18-19(9-11-22-18)17(20)12-16-4-3-10-21-16/h3-8,10,13,18H,9,11-12H2,1-2H3. The van der Waals surface area contributed by atoms with Gasteiger partial charge < -0.3 is 4.90 Å². The van der Waals surface area contributed by atoms with Gasteiger partial charge in [0.25, 0.3) is 0 Å². The number of thioether (sulfide) groups is 1. The molecule has 1 amide bonds. The molecule has 3 rings (SSSR count). The molecule has 0 aliphatic carbocycles. The summed E-state index contributed by atoms with van der Waals surface area (Å²) in [6.07, 6.45) is 0.527. The minimum atomic E-state index is 0.175. The molecule has 1 aliphatic rings. The number of hydrogen-bond acceptors (Lipinski definition) is 3. The largest absolute Gasteiger partial charge is 0.325 e. The molecule has 1 aromatic heterocycles. The Balaban J connectivity index is 1.73. The summed E-state index contributed by atoms with van der Waals surface area (Å²) in [6, 6.07) is 12.8. The molecule has 2 heterocycles.